The lowest BCUT2D eigenvalue weighted by atomic mass is 10.0. The number of carboxylic acid groups (broad SMARTS) is 1. The molecule has 0 amide bonds. The third-order valence-corrected chi connectivity index (χ3v) is 5.18. The summed E-state index contributed by atoms with van der Waals surface area (Å²) in [4.78, 5) is 12.8. The molecule has 3 aromatic carbocycles. The Balaban J connectivity index is 1.67. The predicted molar refractivity (Wildman–Crippen MR) is 107 cm³/mol. The summed E-state index contributed by atoms with van der Waals surface area (Å²) in [6.45, 7) is 0. The highest BCUT2D eigenvalue weighted by atomic mass is 32.2. The first-order valence-electron chi connectivity index (χ1n) is 8.51. The number of nitrogen functional groups attached to an aromatic ring is 1. The molecule has 0 saturated carbocycles. The molecule has 0 spiro atoms. The highest BCUT2D eigenvalue weighted by molar-refractivity contribution is 7.99. The van der Waals surface area contributed by atoms with Gasteiger partial charge in [-0.2, -0.15) is 0 Å². The third kappa shape index (κ3) is 5.14. The van der Waals surface area contributed by atoms with Crippen LogP contribution in [0.25, 0.3) is 0 Å². The minimum Gasteiger partial charge on any atom is -0.481 e. The number of aliphatic carboxylic acids is 1. The van der Waals surface area contributed by atoms with Gasteiger partial charge in [-0.25, -0.2) is 0 Å². The Hall–Kier alpha value is -2.72. The number of anilines is 1. The molecule has 0 atom stereocenters. The van der Waals surface area contributed by atoms with E-state index in [-0.39, 0.29) is 6.42 Å². The van der Waals surface area contributed by atoms with Crippen molar-refractivity contribution in [1.82, 2.24) is 0 Å². The van der Waals surface area contributed by atoms with Gasteiger partial charge in [0.05, 0.1) is 6.42 Å². The van der Waals surface area contributed by atoms with E-state index in [1.54, 1.807) is 11.8 Å². The molecular formula is C22H21NO2S. The molecule has 0 fully saturated rings. The SMILES string of the molecule is Nc1cc(CCc2ccccc2)ccc1Sc1cccc(CC(=O)O)c1. The molecule has 3 rings (SSSR count). The van der Waals surface area contributed by atoms with Gasteiger partial charge in [0.25, 0.3) is 0 Å². The summed E-state index contributed by atoms with van der Waals surface area (Å²) < 4.78 is 0. The fourth-order valence-electron chi connectivity index (χ4n) is 2.80. The smallest absolute Gasteiger partial charge is 0.307 e. The predicted octanol–water partition coefficient (Wildman–Crippen LogP) is 4.83. The number of hydrogen-bond donors (Lipinski definition) is 2. The topological polar surface area (TPSA) is 63.3 Å². The van der Waals surface area contributed by atoms with Crippen molar-refractivity contribution in [3.63, 3.8) is 0 Å². The molecule has 3 N–H and O–H groups in total. The Bertz CT molecular complexity index is 894. The van der Waals surface area contributed by atoms with Crippen molar-refractivity contribution in [2.24, 2.45) is 0 Å². The largest absolute Gasteiger partial charge is 0.481 e. The Morgan fingerprint density at radius 1 is 0.846 bits per heavy atom. The quantitative estimate of drug-likeness (QED) is 0.590. The Kier molecular flexibility index (Phi) is 5.97. The van der Waals surface area contributed by atoms with E-state index in [0.29, 0.717) is 0 Å². The van der Waals surface area contributed by atoms with E-state index in [1.807, 2.05) is 42.5 Å². The lowest BCUT2D eigenvalue weighted by molar-refractivity contribution is -0.136. The van der Waals surface area contributed by atoms with Crippen molar-refractivity contribution < 1.29 is 9.90 Å². The van der Waals surface area contributed by atoms with Crippen LogP contribution in [0.4, 0.5) is 5.69 Å². The second-order valence-corrected chi connectivity index (χ2v) is 7.29. The zero-order chi connectivity index (χ0) is 18.4. The van der Waals surface area contributed by atoms with Crippen LogP contribution in [-0.2, 0) is 24.1 Å². The summed E-state index contributed by atoms with van der Waals surface area (Å²) in [6, 6.07) is 24.2. The summed E-state index contributed by atoms with van der Waals surface area (Å²) in [5.74, 6) is -0.825. The Morgan fingerprint density at radius 2 is 1.58 bits per heavy atom. The van der Waals surface area contributed by atoms with Gasteiger partial charge in [-0.15, -0.1) is 0 Å². The van der Waals surface area contributed by atoms with Crippen molar-refractivity contribution in [3.05, 3.63) is 89.5 Å². The molecule has 4 heteroatoms. The lowest BCUT2D eigenvalue weighted by Crippen LogP contribution is -1.99. The van der Waals surface area contributed by atoms with Gasteiger partial charge in [-0.3, -0.25) is 4.79 Å². The molecule has 0 aliphatic rings. The zero-order valence-electron chi connectivity index (χ0n) is 14.4. The maximum absolute atomic E-state index is 10.9. The van der Waals surface area contributed by atoms with E-state index < -0.39 is 5.97 Å². The van der Waals surface area contributed by atoms with Gasteiger partial charge in [0.15, 0.2) is 0 Å². The second-order valence-electron chi connectivity index (χ2n) is 6.18. The number of hydrogen-bond acceptors (Lipinski definition) is 3. The van der Waals surface area contributed by atoms with Gasteiger partial charge in [-0.05, 0) is 53.8 Å². The molecule has 0 aliphatic heterocycles. The molecule has 26 heavy (non-hydrogen) atoms. The molecule has 0 heterocycles. The number of aryl methyl sites for hydroxylation is 2. The average molecular weight is 363 g/mol. The lowest BCUT2D eigenvalue weighted by Gasteiger charge is -2.09. The first kappa shape index (κ1) is 18.1. The van der Waals surface area contributed by atoms with Crippen LogP contribution < -0.4 is 5.73 Å². The normalized spacial score (nSPS) is 10.6. The number of rotatable bonds is 7. The van der Waals surface area contributed by atoms with Crippen LogP contribution in [0.1, 0.15) is 16.7 Å². The fraction of sp³-hybridized carbons (Fsp3) is 0.136. The molecule has 3 aromatic rings. The van der Waals surface area contributed by atoms with Crippen molar-refractivity contribution >= 4 is 23.4 Å². The van der Waals surface area contributed by atoms with Crippen molar-refractivity contribution in [2.45, 2.75) is 29.1 Å². The number of carbonyl (C=O) groups is 1. The minimum atomic E-state index is -0.825. The van der Waals surface area contributed by atoms with Crippen molar-refractivity contribution in [3.8, 4) is 0 Å². The van der Waals surface area contributed by atoms with E-state index >= 15 is 0 Å². The van der Waals surface area contributed by atoms with Crippen LogP contribution in [0.5, 0.6) is 0 Å². The standard InChI is InChI=1S/C22H21NO2S/c23-20-14-17(10-9-16-5-2-1-3-6-16)11-12-21(20)26-19-8-4-7-18(13-19)15-22(24)25/h1-8,11-14H,9-10,15,23H2,(H,24,25). The van der Waals surface area contributed by atoms with Crippen molar-refractivity contribution in [1.29, 1.82) is 0 Å². The van der Waals surface area contributed by atoms with E-state index in [4.69, 9.17) is 10.8 Å². The van der Waals surface area contributed by atoms with Crippen LogP contribution in [0.15, 0.2) is 82.6 Å². The molecule has 0 bridgehead atoms. The van der Waals surface area contributed by atoms with Crippen molar-refractivity contribution in [2.75, 3.05) is 5.73 Å². The van der Waals surface area contributed by atoms with Gasteiger partial charge in [0.1, 0.15) is 0 Å². The van der Waals surface area contributed by atoms with Crippen LogP contribution in [0.2, 0.25) is 0 Å². The molecule has 3 nitrogen and oxygen atoms in total. The maximum atomic E-state index is 10.9. The third-order valence-electron chi connectivity index (χ3n) is 4.10. The van der Waals surface area contributed by atoms with Gasteiger partial charge in [0, 0.05) is 15.5 Å². The number of nitrogens with two attached hydrogens (primary N) is 1. The van der Waals surface area contributed by atoms with Gasteiger partial charge >= 0.3 is 5.97 Å². The molecular weight excluding hydrogens is 342 g/mol. The molecule has 132 valence electrons. The molecule has 0 unspecified atom stereocenters. The molecule has 0 saturated heterocycles. The minimum absolute atomic E-state index is 0.0301. The average Bonchev–Trinajstić information content (AvgIpc) is 2.63. The highest BCUT2D eigenvalue weighted by Crippen LogP contribution is 2.33. The highest BCUT2D eigenvalue weighted by Gasteiger charge is 2.06. The van der Waals surface area contributed by atoms with E-state index in [9.17, 15) is 4.79 Å². The van der Waals surface area contributed by atoms with Crippen LogP contribution in [0.3, 0.4) is 0 Å². The van der Waals surface area contributed by atoms with Crippen LogP contribution in [-0.4, -0.2) is 11.1 Å². The first-order chi connectivity index (χ1) is 12.6. The van der Waals surface area contributed by atoms with E-state index in [0.717, 1.165) is 33.9 Å². The molecule has 0 radical (unpaired) electrons. The first-order valence-corrected chi connectivity index (χ1v) is 9.33. The van der Waals surface area contributed by atoms with E-state index in [1.165, 1.54) is 11.1 Å². The second kappa shape index (κ2) is 8.59. The van der Waals surface area contributed by atoms with Crippen LogP contribution in [0, 0.1) is 0 Å². The van der Waals surface area contributed by atoms with Gasteiger partial charge in [0.2, 0.25) is 0 Å². The summed E-state index contributed by atoms with van der Waals surface area (Å²) in [5, 5.41) is 8.93. The van der Waals surface area contributed by atoms with E-state index in [2.05, 4.69) is 30.3 Å². The Morgan fingerprint density at radius 3 is 2.31 bits per heavy atom. The monoisotopic (exact) mass is 363 g/mol. The van der Waals surface area contributed by atoms with Crippen LogP contribution >= 0.6 is 11.8 Å². The summed E-state index contributed by atoms with van der Waals surface area (Å²) in [7, 11) is 0. The van der Waals surface area contributed by atoms with Gasteiger partial charge in [-0.1, -0.05) is 60.3 Å². The fourth-order valence-corrected chi connectivity index (χ4v) is 3.72. The summed E-state index contributed by atoms with van der Waals surface area (Å²) in [6.07, 6.45) is 1.97. The Labute approximate surface area is 157 Å². The molecule has 0 aliphatic carbocycles. The summed E-state index contributed by atoms with van der Waals surface area (Å²) >= 11 is 1.56. The maximum Gasteiger partial charge on any atom is 0.307 e. The summed E-state index contributed by atoms with van der Waals surface area (Å²) in [5.41, 5.74) is 10.3. The number of carboxylic acids is 1. The zero-order valence-corrected chi connectivity index (χ0v) is 15.2. The molecule has 0 aromatic heterocycles. The van der Waals surface area contributed by atoms with Gasteiger partial charge < -0.3 is 10.8 Å². The number of benzene rings is 3.